The molecule has 2 rings (SSSR count). The van der Waals surface area contributed by atoms with Crippen LogP contribution in [-0.2, 0) is 13.0 Å². The SMILES string of the molecule is CCc1c(C(C)=O)ccc(OCc2ccccc2)c1C. The van der Waals surface area contributed by atoms with Crippen LogP contribution in [0.5, 0.6) is 5.75 Å². The lowest BCUT2D eigenvalue weighted by molar-refractivity contribution is 0.101. The van der Waals surface area contributed by atoms with Crippen LogP contribution < -0.4 is 4.74 Å². The molecule has 0 bridgehead atoms. The van der Waals surface area contributed by atoms with Gasteiger partial charge in [0.25, 0.3) is 0 Å². The third-order valence-electron chi connectivity index (χ3n) is 3.52. The van der Waals surface area contributed by atoms with E-state index in [0.29, 0.717) is 6.61 Å². The molecule has 0 heterocycles. The quantitative estimate of drug-likeness (QED) is 0.754. The molecule has 0 aliphatic carbocycles. The smallest absolute Gasteiger partial charge is 0.160 e. The molecule has 0 atom stereocenters. The second-order valence-corrected chi connectivity index (χ2v) is 4.90. The molecule has 0 saturated carbocycles. The van der Waals surface area contributed by atoms with Crippen molar-refractivity contribution in [2.24, 2.45) is 0 Å². The Morgan fingerprint density at radius 3 is 2.40 bits per heavy atom. The molecule has 0 amide bonds. The van der Waals surface area contributed by atoms with Crippen molar-refractivity contribution in [2.75, 3.05) is 0 Å². The van der Waals surface area contributed by atoms with Crippen molar-refractivity contribution >= 4 is 5.78 Å². The fourth-order valence-corrected chi connectivity index (χ4v) is 2.41. The largest absolute Gasteiger partial charge is 0.489 e. The highest BCUT2D eigenvalue weighted by Gasteiger charge is 2.12. The molecule has 0 aromatic heterocycles. The molecule has 0 N–H and O–H groups in total. The monoisotopic (exact) mass is 268 g/mol. The molecule has 20 heavy (non-hydrogen) atoms. The van der Waals surface area contributed by atoms with E-state index in [0.717, 1.165) is 34.4 Å². The lowest BCUT2D eigenvalue weighted by Crippen LogP contribution is -2.04. The van der Waals surface area contributed by atoms with Crippen LogP contribution in [0.15, 0.2) is 42.5 Å². The number of ether oxygens (including phenoxy) is 1. The number of carbonyl (C=O) groups excluding carboxylic acids is 1. The molecule has 0 radical (unpaired) electrons. The number of ketones is 1. The molecule has 0 spiro atoms. The first kappa shape index (κ1) is 14.3. The van der Waals surface area contributed by atoms with E-state index in [1.807, 2.05) is 49.4 Å². The van der Waals surface area contributed by atoms with Gasteiger partial charge in [0.2, 0.25) is 0 Å². The number of benzene rings is 2. The minimum atomic E-state index is 0.111. The van der Waals surface area contributed by atoms with Crippen LogP contribution in [0, 0.1) is 6.92 Å². The van der Waals surface area contributed by atoms with Crippen LogP contribution in [0.1, 0.15) is 40.9 Å². The highest BCUT2D eigenvalue weighted by Crippen LogP contribution is 2.26. The minimum Gasteiger partial charge on any atom is -0.489 e. The number of hydrogen-bond donors (Lipinski definition) is 0. The van der Waals surface area contributed by atoms with E-state index in [1.165, 1.54) is 0 Å². The number of carbonyl (C=O) groups is 1. The first-order valence-corrected chi connectivity index (χ1v) is 6.93. The Kier molecular flexibility index (Phi) is 4.57. The van der Waals surface area contributed by atoms with Gasteiger partial charge in [0.15, 0.2) is 5.78 Å². The van der Waals surface area contributed by atoms with Gasteiger partial charge in [0.05, 0.1) is 0 Å². The molecule has 2 aromatic rings. The van der Waals surface area contributed by atoms with Gasteiger partial charge in [-0.25, -0.2) is 0 Å². The maximum Gasteiger partial charge on any atom is 0.160 e. The average molecular weight is 268 g/mol. The molecule has 0 aliphatic heterocycles. The molecule has 0 fully saturated rings. The van der Waals surface area contributed by atoms with Crippen LogP contribution in [0.2, 0.25) is 0 Å². The highest BCUT2D eigenvalue weighted by molar-refractivity contribution is 5.96. The van der Waals surface area contributed by atoms with Crippen LogP contribution in [0.25, 0.3) is 0 Å². The summed E-state index contributed by atoms with van der Waals surface area (Å²) >= 11 is 0. The molecular weight excluding hydrogens is 248 g/mol. The van der Waals surface area contributed by atoms with Crippen LogP contribution >= 0.6 is 0 Å². The normalized spacial score (nSPS) is 10.3. The topological polar surface area (TPSA) is 26.3 Å². The Morgan fingerprint density at radius 2 is 1.80 bits per heavy atom. The summed E-state index contributed by atoms with van der Waals surface area (Å²) in [5, 5.41) is 0. The number of rotatable bonds is 5. The summed E-state index contributed by atoms with van der Waals surface area (Å²) < 4.78 is 5.89. The second-order valence-electron chi connectivity index (χ2n) is 4.90. The van der Waals surface area contributed by atoms with E-state index in [2.05, 4.69) is 6.92 Å². The maximum absolute atomic E-state index is 11.6. The van der Waals surface area contributed by atoms with Crippen molar-refractivity contribution in [3.8, 4) is 5.75 Å². The second kappa shape index (κ2) is 6.38. The Morgan fingerprint density at radius 1 is 1.10 bits per heavy atom. The van der Waals surface area contributed by atoms with Crippen molar-refractivity contribution in [3.63, 3.8) is 0 Å². The van der Waals surface area contributed by atoms with Gasteiger partial charge in [-0.15, -0.1) is 0 Å². The van der Waals surface area contributed by atoms with E-state index in [4.69, 9.17) is 4.74 Å². The Labute approximate surface area is 120 Å². The standard InChI is InChI=1S/C18H20O2/c1-4-16-13(2)18(11-10-17(16)14(3)19)20-12-15-8-6-5-7-9-15/h5-11H,4,12H2,1-3H3. The summed E-state index contributed by atoms with van der Waals surface area (Å²) in [7, 11) is 0. The third-order valence-corrected chi connectivity index (χ3v) is 3.52. The molecule has 0 aliphatic rings. The summed E-state index contributed by atoms with van der Waals surface area (Å²) in [6.45, 7) is 6.24. The summed E-state index contributed by atoms with van der Waals surface area (Å²) in [5.41, 5.74) is 4.09. The van der Waals surface area contributed by atoms with Gasteiger partial charge in [0, 0.05) is 5.56 Å². The third kappa shape index (κ3) is 3.08. The number of hydrogen-bond acceptors (Lipinski definition) is 2. The summed E-state index contributed by atoms with van der Waals surface area (Å²) in [5.74, 6) is 0.968. The van der Waals surface area contributed by atoms with Crippen LogP contribution in [0.4, 0.5) is 0 Å². The van der Waals surface area contributed by atoms with Crippen molar-refractivity contribution in [3.05, 3.63) is 64.7 Å². The fourth-order valence-electron chi connectivity index (χ4n) is 2.41. The van der Waals surface area contributed by atoms with Crippen molar-refractivity contribution in [2.45, 2.75) is 33.8 Å². The zero-order valence-corrected chi connectivity index (χ0v) is 12.3. The lowest BCUT2D eigenvalue weighted by Gasteiger charge is -2.15. The fraction of sp³-hybridized carbons (Fsp3) is 0.278. The average Bonchev–Trinajstić information content (AvgIpc) is 2.46. The predicted molar refractivity (Wildman–Crippen MR) is 81.3 cm³/mol. The van der Waals surface area contributed by atoms with Gasteiger partial charge in [-0.3, -0.25) is 4.79 Å². The summed E-state index contributed by atoms with van der Waals surface area (Å²) in [6.07, 6.45) is 0.837. The molecule has 2 heteroatoms. The van der Waals surface area contributed by atoms with E-state index >= 15 is 0 Å². The molecule has 0 saturated heterocycles. The molecule has 104 valence electrons. The van der Waals surface area contributed by atoms with Gasteiger partial charge >= 0.3 is 0 Å². The zero-order chi connectivity index (χ0) is 14.5. The van der Waals surface area contributed by atoms with Gasteiger partial charge in [-0.1, -0.05) is 37.3 Å². The van der Waals surface area contributed by atoms with Gasteiger partial charge < -0.3 is 4.74 Å². The van der Waals surface area contributed by atoms with Crippen LogP contribution in [0.3, 0.4) is 0 Å². The van der Waals surface area contributed by atoms with E-state index in [1.54, 1.807) is 6.92 Å². The van der Waals surface area contributed by atoms with Gasteiger partial charge in [-0.05, 0) is 49.1 Å². The van der Waals surface area contributed by atoms with E-state index < -0.39 is 0 Å². The predicted octanol–water partition coefficient (Wildman–Crippen LogP) is 4.34. The Hall–Kier alpha value is -2.09. The molecule has 0 unspecified atom stereocenters. The van der Waals surface area contributed by atoms with E-state index in [-0.39, 0.29) is 5.78 Å². The summed E-state index contributed by atoms with van der Waals surface area (Å²) in [4.78, 5) is 11.6. The van der Waals surface area contributed by atoms with Crippen molar-refractivity contribution in [1.82, 2.24) is 0 Å². The first-order valence-electron chi connectivity index (χ1n) is 6.93. The van der Waals surface area contributed by atoms with Crippen molar-refractivity contribution in [1.29, 1.82) is 0 Å². The van der Waals surface area contributed by atoms with E-state index in [9.17, 15) is 4.79 Å². The zero-order valence-electron chi connectivity index (χ0n) is 12.3. The molecular formula is C18H20O2. The minimum absolute atomic E-state index is 0.111. The van der Waals surface area contributed by atoms with Gasteiger partial charge in [-0.2, -0.15) is 0 Å². The lowest BCUT2D eigenvalue weighted by atomic mass is 9.96. The maximum atomic E-state index is 11.6. The van der Waals surface area contributed by atoms with Crippen LogP contribution in [-0.4, -0.2) is 5.78 Å². The number of Topliss-reactive ketones (excluding diaryl/α,β-unsaturated/α-hetero) is 1. The summed E-state index contributed by atoms with van der Waals surface area (Å²) in [6, 6.07) is 13.8. The highest BCUT2D eigenvalue weighted by atomic mass is 16.5. The molecule has 2 aromatic carbocycles. The Balaban J connectivity index is 2.23. The molecule has 2 nitrogen and oxygen atoms in total. The Bertz CT molecular complexity index is 600. The van der Waals surface area contributed by atoms with Gasteiger partial charge in [0.1, 0.15) is 12.4 Å². The van der Waals surface area contributed by atoms with Crippen molar-refractivity contribution < 1.29 is 9.53 Å². The first-order chi connectivity index (χ1) is 9.63.